The molecule has 3 unspecified atom stereocenters. The van der Waals surface area contributed by atoms with Crippen molar-refractivity contribution in [2.45, 2.75) is 38.8 Å². The van der Waals surface area contributed by atoms with Crippen LogP contribution < -0.4 is 5.73 Å². The molecule has 0 amide bonds. The molecule has 0 spiro atoms. The Morgan fingerprint density at radius 1 is 1.59 bits per heavy atom. The Labute approximate surface area is 116 Å². The fraction of sp³-hybridized carbons (Fsp3) is 0.692. The Kier molecular flexibility index (Phi) is 4.64. The van der Waals surface area contributed by atoms with E-state index in [1.54, 1.807) is 0 Å². The quantitative estimate of drug-likeness (QED) is 0.922. The highest BCUT2D eigenvalue weighted by molar-refractivity contribution is 9.10. The van der Waals surface area contributed by atoms with Crippen LogP contribution in [0.2, 0.25) is 0 Å². The molecule has 2 rings (SSSR count). The minimum atomic E-state index is 0.381. The van der Waals surface area contributed by atoms with E-state index in [4.69, 9.17) is 5.73 Å². The molecule has 1 aromatic rings. The summed E-state index contributed by atoms with van der Waals surface area (Å²) < 4.78 is 1.21. The summed E-state index contributed by atoms with van der Waals surface area (Å²) >= 11 is 5.44. The van der Waals surface area contributed by atoms with Crippen molar-refractivity contribution >= 4 is 27.3 Å². The average Bonchev–Trinajstić information content (AvgIpc) is 2.69. The fourth-order valence-electron chi connectivity index (χ4n) is 2.82. The average molecular weight is 317 g/mol. The number of piperidine rings is 1. The summed E-state index contributed by atoms with van der Waals surface area (Å²) in [6.45, 7) is 6.57. The second kappa shape index (κ2) is 5.83. The first kappa shape index (κ1) is 13.5. The van der Waals surface area contributed by atoms with E-state index < -0.39 is 0 Å². The third kappa shape index (κ3) is 2.92. The van der Waals surface area contributed by atoms with Gasteiger partial charge in [0.1, 0.15) is 0 Å². The van der Waals surface area contributed by atoms with Crippen molar-refractivity contribution in [2.75, 3.05) is 13.1 Å². The maximum Gasteiger partial charge on any atom is 0.0578 e. The van der Waals surface area contributed by atoms with Crippen LogP contribution in [-0.4, -0.2) is 24.0 Å². The van der Waals surface area contributed by atoms with Gasteiger partial charge in [-0.1, -0.05) is 6.92 Å². The van der Waals surface area contributed by atoms with Crippen LogP contribution in [0.1, 0.15) is 37.6 Å². The number of nitrogens with two attached hydrogens (primary N) is 1. The largest absolute Gasteiger partial charge is 0.329 e. The molecule has 0 aliphatic carbocycles. The number of rotatable bonds is 3. The van der Waals surface area contributed by atoms with E-state index in [9.17, 15) is 0 Å². The molecule has 17 heavy (non-hydrogen) atoms. The van der Waals surface area contributed by atoms with Gasteiger partial charge in [-0.25, -0.2) is 0 Å². The lowest BCUT2D eigenvalue weighted by molar-refractivity contribution is 0.0860. The van der Waals surface area contributed by atoms with E-state index in [2.05, 4.69) is 46.1 Å². The van der Waals surface area contributed by atoms with Crippen LogP contribution in [0, 0.1) is 5.92 Å². The molecule has 1 aliphatic heterocycles. The highest BCUT2D eigenvalue weighted by atomic mass is 79.9. The van der Waals surface area contributed by atoms with Gasteiger partial charge in [0.25, 0.3) is 0 Å². The summed E-state index contributed by atoms with van der Waals surface area (Å²) in [6.07, 6.45) is 2.59. The zero-order chi connectivity index (χ0) is 12.4. The summed E-state index contributed by atoms with van der Waals surface area (Å²) in [6, 6.07) is 3.15. The molecular weight excluding hydrogens is 296 g/mol. The number of halogens is 1. The van der Waals surface area contributed by atoms with Crippen molar-refractivity contribution in [3.05, 3.63) is 20.8 Å². The van der Waals surface area contributed by atoms with Crippen LogP contribution in [0.4, 0.5) is 0 Å². The molecule has 1 aliphatic rings. The summed E-state index contributed by atoms with van der Waals surface area (Å²) in [7, 11) is 0. The Balaban J connectivity index is 2.16. The lowest BCUT2D eigenvalue weighted by Gasteiger charge is -2.41. The zero-order valence-corrected chi connectivity index (χ0v) is 12.9. The normalized spacial score (nSPS) is 28.2. The molecule has 0 bridgehead atoms. The van der Waals surface area contributed by atoms with Gasteiger partial charge in [-0.05, 0) is 59.6 Å². The standard InChI is InChI=1S/C13H21BrN2S/c1-9-3-5-16(10(2)7-9)12(8-15)13-11(14)4-6-17-13/h4,6,9-10,12H,3,5,7-8,15H2,1-2H3. The van der Waals surface area contributed by atoms with E-state index in [0.29, 0.717) is 18.6 Å². The molecule has 0 radical (unpaired) electrons. The maximum absolute atomic E-state index is 6.00. The molecule has 96 valence electrons. The maximum atomic E-state index is 6.00. The molecule has 2 N–H and O–H groups in total. The SMILES string of the molecule is CC1CCN(C(CN)c2sccc2Br)C(C)C1. The second-order valence-corrected chi connectivity index (χ2v) is 6.90. The van der Waals surface area contributed by atoms with Gasteiger partial charge in [0.2, 0.25) is 0 Å². The Morgan fingerprint density at radius 3 is 2.88 bits per heavy atom. The molecule has 3 atom stereocenters. The van der Waals surface area contributed by atoms with Crippen LogP contribution in [0.15, 0.2) is 15.9 Å². The summed E-state index contributed by atoms with van der Waals surface area (Å²) in [5.41, 5.74) is 6.00. The van der Waals surface area contributed by atoms with E-state index in [1.165, 1.54) is 28.7 Å². The number of thiophene rings is 1. The lowest BCUT2D eigenvalue weighted by atomic mass is 9.92. The first-order valence-corrected chi connectivity index (χ1v) is 7.99. The van der Waals surface area contributed by atoms with Gasteiger partial charge < -0.3 is 5.73 Å². The van der Waals surface area contributed by atoms with Gasteiger partial charge in [0.15, 0.2) is 0 Å². The first-order valence-electron chi connectivity index (χ1n) is 6.32. The number of hydrogen-bond donors (Lipinski definition) is 1. The van der Waals surface area contributed by atoms with Crippen LogP contribution in [0.5, 0.6) is 0 Å². The predicted molar refractivity (Wildman–Crippen MR) is 78.4 cm³/mol. The molecule has 1 saturated heterocycles. The molecular formula is C13H21BrN2S. The molecule has 0 aromatic carbocycles. The first-order chi connectivity index (χ1) is 8.13. The molecule has 0 saturated carbocycles. The Morgan fingerprint density at radius 2 is 2.35 bits per heavy atom. The smallest absolute Gasteiger partial charge is 0.0578 e. The van der Waals surface area contributed by atoms with Gasteiger partial charge in [-0.2, -0.15) is 0 Å². The van der Waals surface area contributed by atoms with Crippen LogP contribution in [0.25, 0.3) is 0 Å². The number of nitrogens with zero attached hydrogens (tertiary/aromatic N) is 1. The van der Waals surface area contributed by atoms with Crippen molar-refractivity contribution in [1.29, 1.82) is 0 Å². The predicted octanol–water partition coefficient (Wildman–Crippen LogP) is 3.63. The highest BCUT2D eigenvalue weighted by Gasteiger charge is 2.30. The van der Waals surface area contributed by atoms with Gasteiger partial charge in [-0.15, -0.1) is 11.3 Å². The Bertz CT molecular complexity index is 366. The molecule has 2 nitrogen and oxygen atoms in total. The molecule has 1 aromatic heterocycles. The van der Waals surface area contributed by atoms with Crippen molar-refractivity contribution < 1.29 is 0 Å². The van der Waals surface area contributed by atoms with Gasteiger partial charge in [0.05, 0.1) is 6.04 Å². The molecule has 2 heterocycles. The van der Waals surface area contributed by atoms with Crippen molar-refractivity contribution in [1.82, 2.24) is 4.90 Å². The van der Waals surface area contributed by atoms with Gasteiger partial charge in [0, 0.05) is 21.9 Å². The lowest BCUT2D eigenvalue weighted by Crippen LogP contribution is -2.44. The molecule has 1 fully saturated rings. The van der Waals surface area contributed by atoms with E-state index in [0.717, 1.165) is 5.92 Å². The summed E-state index contributed by atoms with van der Waals surface area (Å²) in [5.74, 6) is 0.853. The van der Waals surface area contributed by atoms with E-state index >= 15 is 0 Å². The minimum absolute atomic E-state index is 0.381. The monoisotopic (exact) mass is 316 g/mol. The topological polar surface area (TPSA) is 29.3 Å². The van der Waals surface area contributed by atoms with E-state index in [1.807, 2.05) is 11.3 Å². The van der Waals surface area contributed by atoms with Crippen LogP contribution in [-0.2, 0) is 0 Å². The third-order valence-electron chi connectivity index (χ3n) is 3.76. The minimum Gasteiger partial charge on any atom is -0.329 e. The zero-order valence-electron chi connectivity index (χ0n) is 10.5. The van der Waals surface area contributed by atoms with Gasteiger partial charge in [-0.3, -0.25) is 4.90 Å². The van der Waals surface area contributed by atoms with Crippen molar-refractivity contribution in [2.24, 2.45) is 11.7 Å². The van der Waals surface area contributed by atoms with Crippen LogP contribution >= 0.6 is 27.3 Å². The Hall–Kier alpha value is 0.100. The second-order valence-electron chi connectivity index (χ2n) is 5.10. The van der Waals surface area contributed by atoms with Crippen molar-refractivity contribution in [3.8, 4) is 0 Å². The van der Waals surface area contributed by atoms with Gasteiger partial charge >= 0.3 is 0 Å². The summed E-state index contributed by atoms with van der Waals surface area (Å²) in [4.78, 5) is 3.96. The summed E-state index contributed by atoms with van der Waals surface area (Å²) in [5, 5.41) is 2.14. The van der Waals surface area contributed by atoms with Crippen molar-refractivity contribution in [3.63, 3.8) is 0 Å². The number of hydrogen-bond acceptors (Lipinski definition) is 3. The van der Waals surface area contributed by atoms with Crippen LogP contribution in [0.3, 0.4) is 0 Å². The highest BCUT2D eigenvalue weighted by Crippen LogP contribution is 2.36. The molecule has 4 heteroatoms. The number of likely N-dealkylation sites (tertiary alicyclic amines) is 1. The van der Waals surface area contributed by atoms with E-state index in [-0.39, 0.29) is 0 Å². The third-order valence-corrected chi connectivity index (χ3v) is 5.73. The fourth-order valence-corrected chi connectivity index (χ4v) is 4.60.